The summed E-state index contributed by atoms with van der Waals surface area (Å²) in [6.07, 6.45) is 0. The molecule has 0 heterocycles. The Morgan fingerprint density at radius 2 is 2.12 bits per heavy atom. The van der Waals surface area contributed by atoms with Crippen molar-refractivity contribution >= 4 is 14.4 Å². The molecule has 0 bridgehead atoms. The maximum atomic E-state index is 9.81. The molecule has 0 rings (SSSR count). The van der Waals surface area contributed by atoms with Gasteiger partial charge in [0.05, 0.1) is 0 Å². The van der Waals surface area contributed by atoms with Crippen LogP contribution in [0.3, 0.4) is 0 Å². The number of aliphatic carboxylic acids is 1. The molecule has 0 radical (unpaired) electrons. The van der Waals surface area contributed by atoms with Crippen molar-refractivity contribution in [3.8, 4) is 0 Å². The number of rotatable bonds is 2. The lowest BCUT2D eigenvalue weighted by Crippen LogP contribution is -2.27. The van der Waals surface area contributed by atoms with Crippen molar-refractivity contribution in [2.24, 2.45) is 0 Å². The van der Waals surface area contributed by atoms with Gasteiger partial charge in [-0.3, -0.25) is 0 Å². The summed E-state index contributed by atoms with van der Waals surface area (Å²) >= 11 is 0. The molecule has 0 saturated carbocycles. The SMILES string of the molecule is CC(O)([PH+]=O)C(=O)O. The number of hydrogen-bond acceptors (Lipinski definition) is 3. The molecule has 0 aromatic rings. The average molecular weight is 137 g/mol. The molecule has 2 unspecified atom stereocenters. The summed E-state index contributed by atoms with van der Waals surface area (Å²) in [5, 5.41) is 14.4. The lowest BCUT2D eigenvalue weighted by atomic mass is 10.4. The highest BCUT2D eigenvalue weighted by Gasteiger charge is 2.39. The first-order valence-electron chi connectivity index (χ1n) is 1.86. The Morgan fingerprint density at radius 1 is 1.75 bits per heavy atom. The van der Waals surface area contributed by atoms with Gasteiger partial charge < -0.3 is 10.2 Å². The molecule has 0 aliphatic rings. The van der Waals surface area contributed by atoms with E-state index >= 15 is 0 Å². The minimum atomic E-state index is -2.07. The number of carbonyl (C=O) groups is 1. The van der Waals surface area contributed by atoms with E-state index in [1.807, 2.05) is 0 Å². The fourth-order valence-corrected chi connectivity index (χ4v) is 0.131. The van der Waals surface area contributed by atoms with E-state index < -0.39 is 19.8 Å². The lowest BCUT2D eigenvalue weighted by Gasteiger charge is -1.96. The van der Waals surface area contributed by atoms with Crippen LogP contribution in [-0.2, 0) is 9.36 Å². The molecule has 0 aliphatic heterocycles. The van der Waals surface area contributed by atoms with Gasteiger partial charge in [0, 0.05) is 6.92 Å². The van der Waals surface area contributed by atoms with Crippen LogP contribution >= 0.6 is 8.46 Å². The van der Waals surface area contributed by atoms with E-state index in [0.29, 0.717) is 0 Å². The normalized spacial score (nSPS) is 17.8. The molecule has 2 N–H and O–H groups in total. The molecular formula is C3H6O4P+. The summed E-state index contributed by atoms with van der Waals surface area (Å²) in [6.45, 7) is 0.973. The van der Waals surface area contributed by atoms with Crippen LogP contribution in [0.1, 0.15) is 6.92 Å². The van der Waals surface area contributed by atoms with Gasteiger partial charge in [0.2, 0.25) is 0 Å². The molecule has 5 heteroatoms. The monoisotopic (exact) mass is 137 g/mol. The molecule has 0 aromatic carbocycles. The summed E-state index contributed by atoms with van der Waals surface area (Å²) in [6, 6.07) is 0. The molecule has 0 fully saturated rings. The molecular weight excluding hydrogens is 131 g/mol. The molecule has 2 atom stereocenters. The van der Waals surface area contributed by atoms with Crippen LogP contribution in [0.15, 0.2) is 0 Å². The molecule has 0 saturated heterocycles. The first-order valence-corrected chi connectivity index (χ1v) is 2.76. The van der Waals surface area contributed by atoms with Crippen LogP contribution in [0.4, 0.5) is 0 Å². The Balaban J connectivity index is 4.12. The highest BCUT2D eigenvalue weighted by atomic mass is 31.1. The largest absolute Gasteiger partial charge is 0.476 e. The highest BCUT2D eigenvalue weighted by Crippen LogP contribution is 2.17. The minimum absolute atomic E-state index is 0.973. The van der Waals surface area contributed by atoms with Gasteiger partial charge in [0.15, 0.2) is 0 Å². The van der Waals surface area contributed by atoms with Gasteiger partial charge in [0.1, 0.15) is 0 Å². The lowest BCUT2D eigenvalue weighted by molar-refractivity contribution is -0.148. The number of hydrogen-bond donors (Lipinski definition) is 2. The maximum absolute atomic E-state index is 9.81. The summed E-state index contributed by atoms with van der Waals surface area (Å²) in [5.41, 5.74) is 0. The van der Waals surface area contributed by atoms with Gasteiger partial charge >= 0.3 is 19.8 Å². The Kier molecular flexibility index (Phi) is 2.07. The molecule has 0 amide bonds. The summed E-state index contributed by atoms with van der Waals surface area (Å²) in [4.78, 5) is 9.81. The Morgan fingerprint density at radius 3 is 2.12 bits per heavy atom. The van der Waals surface area contributed by atoms with E-state index in [-0.39, 0.29) is 0 Å². The number of aliphatic hydroxyl groups is 1. The zero-order valence-electron chi connectivity index (χ0n) is 4.21. The predicted octanol–water partition coefficient (Wildman–Crippen LogP) is -0.197. The smallest absolute Gasteiger partial charge is 0.387 e. The third kappa shape index (κ3) is 1.56. The van der Waals surface area contributed by atoms with Gasteiger partial charge in [-0.15, -0.1) is 0 Å². The van der Waals surface area contributed by atoms with Gasteiger partial charge in [-0.2, -0.15) is 0 Å². The quantitative estimate of drug-likeness (QED) is 0.517. The Hall–Kier alpha value is -0.470. The summed E-state index contributed by atoms with van der Waals surface area (Å²) < 4.78 is 9.79. The summed E-state index contributed by atoms with van der Waals surface area (Å²) in [5.74, 6) is -1.47. The second-order valence-corrected chi connectivity index (χ2v) is 2.66. The topological polar surface area (TPSA) is 74.6 Å². The third-order valence-corrected chi connectivity index (χ3v) is 1.23. The van der Waals surface area contributed by atoms with E-state index in [1.54, 1.807) is 0 Å². The Bertz CT molecular complexity index is 118. The molecule has 4 nitrogen and oxygen atoms in total. The van der Waals surface area contributed by atoms with Crippen molar-refractivity contribution < 1.29 is 19.6 Å². The molecule has 46 valence electrons. The third-order valence-electron chi connectivity index (χ3n) is 0.615. The molecule has 0 aliphatic carbocycles. The van der Waals surface area contributed by atoms with Crippen LogP contribution in [0.25, 0.3) is 0 Å². The van der Waals surface area contributed by atoms with Gasteiger partial charge in [-0.05, 0) is 0 Å². The van der Waals surface area contributed by atoms with Crippen molar-refractivity contribution in [2.75, 3.05) is 0 Å². The fraction of sp³-hybridized carbons (Fsp3) is 0.667. The first kappa shape index (κ1) is 7.53. The fourth-order valence-electron chi connectivity index (χ4n) is 0.0437. The summed E-state index contributed by atoms with van der Waals surface area (Å²) in [7, 11) is -1.23. The van der Waals surface area contributed by atoms with E-state index in [2.05, 4.69) is 0 Å². The van der Waals surface area contributed by atoms with Gasteiger partial charge in [-0.25, -0.2) is 4.79 Å². The molecule has 8 heavy (non-hydrogen) atoms. The number of carboxylic acids is 1. The van der Waals surface area contributed by atoms with Crippen molar-refractivity contribution in [3.63, 3.8) is 0 Å². The van der Waals surface area contributed by atoms with E-state index in [4.69, 9.17) is 10.2 Å². The average Bonchev–Trinajstić information content (AvgIpc) is 1.67. The van der Waals surface area contributed by atoms with Crippen LogP contribution in [0.2, 0.25) is 0 Å². The van der Waals surface area contributed by atoms with E-state index in [1.165, 1.54) is 0 Å². The Labute approximate surface area is 47.3 Å². The first-order chi connectivity index (χ1) is 3.50. The molecule has 0 aromatic heterocycles. The van der Waals surface area contributed by atoms with Gasteiger partial charge in [0.25, 0.3) is 0 Å². The molecule has 0 spiro atoms. The number of carboxylic acid groups (broad SMARTS) is 1. The van der Waals surface area contributed by atoms with Crippen molar-refractivity contribution in [1.82, 2.24) is 0 Å². The van der Waals surface area contributed by atoms with Crippen molar-refractivity contribution in [3.05, 3.63) is 0 Å². The second-order valence-electron chi connectivity index (χ2n) is 1.48. The van der Waals surface area contributed by atoms with Crippen LogP contribution in [-0.4, -0.2) is 21.5 Å². The zero-order chi connectivity index (χ0) is 6.78. The van der Waals surface area contributed by atoms with Crippen LogP contribution < -0.4 is 0 Å². The standard InChI is InChI=1S/C3H5O4P/c1-3(6,8-7)2(4)5/h6H,1H3,(H,4,5)/p+1. The van der Waals surface area contributed by atoms with Gasteiger partial charge in [-0.1, -0.05) is 4.57 Å². The highest BCUT2D eigenvalue weighted by molar-refractivity contribution is 7.27. The zero-order valence-corrected chi connectivity index (χ0v) is 5.21. The van der Waals surface area contributed by atoms with E-state index in [9.17, 15) is 9.36 Å². The predicted molar refractivity (Wildman–Crippen MR) is 27.3 cm³/mol. The van der Waals surface area contributed by atoms with E-state index in [0.717, 1.165) is 6.92 Å². The van der Waals surface area contributed by atoms with Crippen LogP contribution in [0.5, 0.6) is 0 Å². The maximum Gasteiger partial charge on any atom is 0.387 e. The van der Waals surface area contributed by atoms with Crippen molar-refractivity contribution in [2.45, 2.75) is 12.3 Å². The minimum Gasteiger partial charge on any atom is -0.476 e. The van der Waals surface area contributed by atoms with Crippen molar-refractivity contribution in [1.29, 1.82) is 0 Å². The van der Waals surface area contributed by atoms with Crippen LogP contribution in [0, 0.1) is 0 Å². The second kappa shape index (κ2) is 2.20.